The molecular formula is C10H18O7. The van der Waals surface area contributed by atoms with Crippen LogP contribution in [0.15, 0.2) is 0 Å². The van der Waals surface area contributed by atoms with Crippen LogP contribution in [-0.4, -0.2) is 69.6 Å². The molecule has 0 aromatic heterocycles. The Kier molecular flexibility index (Phi) is 3.69. The first-order chi connectivity index (χ1) is 7.91. The van der Waals surface area contributed by atoms with Crippen molar-refractivity contribution < 1.29 is 34.6 Å². The molecule has 2 fully saturated rings. The largest absolute Gasteiger partial charge is 0.388 e. The Bertz CT molecular complexity index is 273. The van der Waals surface area contributed by atoms with Crippen LogP contribution >= 0.6 is 0 Å². The van der Waals surface area contributed by atoms with Crippen LogP contribution in [0.3, 0.4) is 0 Å². The van der Waals surface area contributed by atoms with Gasteiger partial charge in [-0.15, -0.1) is 0 Å². The number of hydrogen-bond donors (Lipinski definition) is 4. The molecule has 2 rings (SSSR count). The van der Waals surface area contributed by atoms with Gasteiger partial charge >= 0.3 is 0 Å². The van der Waals surface area contributed by atoms with Gasteiger partial charge in [-0.05, 0) is 13.8 Å². The van der Waals surface area contributed by atoms with Gasteiger partial charge in [0, 0.05) is 0 Å². The van der Waals surface area contributed by atoms with Crippen LogP contribution < -0.4 is 0 Å². The van der Waals surface area contributed by atoms with Gasteiger partial charge in [0.15, 0.2) is 12.6 Å². The van der Waals surface area contributed by atoms with E-state index in [2.05, 4.69) is 0 Å². The molecule has 8 atom stereocenters. The summed E-state index contributed by atoms with van der Waals surface area (Å²) in [6.07, 6.45) is -7.62. The molecule has 17 heavy (non-hydrogen) atoms. The Morgan fingerprint density at radius 1 is 0.824 bits per heavy atom. The maximum absolute atomic E-state index is 9.64. The van der Waals surface area contributed by atoms with Crippen LogP contribution in [0.4, 0.5) is 0 Å². The number of ether oxygens (including phenoxy) is 3. The molecule has 0 amide bonds. The Hall–Kier alpha value is -0.280. The van der Waals surface area contributed by atoms with E-state index in [1.165, 1.54) is 0 Å². The zero-order chi connectivity index (χ0) is 12.7. The lowest BCUT2D eigenvalue weighted by atomic mass is 10.1. The Labute approximate surface area is 98.5 Å². The SMILES string of the molecule is C[C@@H]1O[C@@H](O[C@@H]2[C@@H](O)[C@H](O)O[C@H]2C)[C@H](O)[C@H]1O. The molecule has 0 aromatic carbocycles. The maximum Gasteiger partial charge on any atom is 0.187 e. The highest BCUT2D eigenvalue weighted by molar-refractivity contribution is 4.89. The third-order valence-corrected chi connectivity index (χ3v) is 3.20. The third-order valence-electron chi connectivity index (χ3n) is 3.20. The van der Waals surface area contributed by atoms with Crippen molar-refractivity contribution in [3.63, 3.8) is 0 Å². The van der Waals surface area contributed by atoms with Gasteiger partial charge in [0.2, 0.25) is 0 Å². The fourth-order valence-electron chi connectivity index (χ4n) is 2.09. The van der Waals surface area contributed by atoms with E-state index in [1.807, 2.05) is 0 Å². The molecule has 2 aliphatic heterocycles. The fourth-order valence-corrected chi connectivity index (χ4v) is 2.09. The van der Waals surface area contributed by atoms with Gasteiger partial charge < -0.3 is 34.6 Å². The number of rotatable bonds is 2. The molecule has 0 unspecified atom stereocenters. The minimum atomic E-state index is -1.31. The normalized spacial score (nSPS) is 55.4. The lowest BCUT2D eigenvalue weighted by molar-refractivity contribution is -0.208. The van der Waals surface area contributed by atoms with Crippen LogP contribution in [-0.2, 0) is 14.2 Å². The summed E-state index contributed by atoms with van der Waals surface area (Å²) in [6.45, 7) is 3.24. The van der Waals surface area contributed by atoms with Crippen LogP contribution in [0.5, 0.6) is 0 Å². The summed E-state index contributed by atoms with van der Waals surface area (Å²) in [5.41, 5.74) is 0. The van der Waals surface area contributed by atoms with Gasteiger partial charge in [0.1, 0.15) is 24.4 Å². The smallest absolute Gasteiger partial charge is 0.187 e. The first kappa shape index (κ1) is 13.2. The second-order valence-corrected chi connectivity index (χ2v) is 4.51. The first-order valence-electron chi connectivity index (χ1n) is 5.60. The molecule has 2 heterocycles. The predicted octanol–water partition coefficient (Wildman–Crippen LogP) is -2.06. The van der Waals surface area contributed by atoms with Crippen molar-refractivity contribution in [2.75, 3.05) is 0 Å². The fraction of sp³-hybridized carbons (Fsp3) is 1.00. The third kappa shape index (κ3) is 2.32. The summed E-state index contributed by atoms with van der Waals surface area (Å²) >= 11 is 0. The van der Waals surface area contributed by atoms with Gasteiger partial charge in [0.05, 0.1) is 12.2 Å². The predicted molar refractivity (Wildman–Crippen MR) is 53.8 cm³/mol. The van der Waals surface area contributed by atoms with Crippen LogP contribution in [0.1, 0.15) is 13.8 Å². The van der Waals surface area contributed by atoms with E-state index in [0.29, 0.717) is 0 Å². The molecule has 2 saturated heterocycles. The maximum atomic E-state index is 9.64. The minimum Gasteiger partial charge on any atom is -0.388 e. The zero-order valence-corrected chi connectivity index (χ0v) is 9.63. The molecule has 0 aromatic rings. The van der Waals surface area contributed by atoms with Crippen molar-refractivity contribution in [3.8, 4) is 0 Å². The van der Waals surface area contributed by atoms with Crippen LogP contribution in [0, 0.1) is 0 Å². The molecule has 0 aliphatic carbocycles. The molecule has 7 nitrogen and oxygen atoms in total. The molecule has 4 N–H and O–H groups in total. The Morgan fingerprint density at radius 3 is 1.88 bits per heavy atom. The zero-order valence-electron chi connectivity index (χ0n) is 9.63. The van der Waals surface area contributed by atoms with Gasteiger partial charge in [-0.3, -0.25) is 0 Å². The lowest BCUT2D eigenvalue weighted by Gasteiger charge is -2.23. The number of aliphatic hydroxyl groups excluding tert-OH is 4. The standard InChI is InChI=1S/C10H18O7/c1-3-5(11)6(12)10(16-3)17-8-4(2)15-9(14)7(8)13/h3-14H,1-2H3/t3-,4-,5-,6+,7+,8-,9+,10-/m0/s1. The van der Waals surface area contributed by atoms with Crippen LogP contribution in [0.2, 0.25) is 0 Å². The van der Waals surface area contributed by atoms with E-state index < -0.39 is 49.2 Å². The topological polar surface area (TPSA) is 109 Å². The van der Waals surface area contributed by atoms with Crippen molar-refractivity contribution in [3.05, 3.63) is 0 Å². The molecule has 0 bridgehead atoms. The second-order valence-electron chi connectivity index (χ2n) is 4.51. The number of hydrogen-bond acceptors (Lipinski definition) is 7. The monoisotopic (exact) mass is 250 g/mol. The lowest BCUT2D eigenvalue weighted by Crippen LogP contribution is -2.41. The molecule has 2 aliphatic rings. The van der Waals surface area contributed by atoms with E-state index in [0.717, 1.165) is 0 Å². The van der Waals surface area contributed by atoms with E-state index in [-0.39, 0.29) is 0 Å². The quantitative estimate of drug-likeness (QED) is 0.446. The molecule has 0 spiro atoms. The highest BCUT2D eigenvalue weighted by Gasteiger charge is 2.47. The summed E-state index contributed by atoms with van der Waals surface area (Å²) in [5.74, 6) is 0. The summed E-state index contributed by atoms with van der Waals surface area (Å²) in [5, 5.41) is 38.0. The minimum absolute atomic E-state index is 0.524. The van der Waals surface area contributed by atoms with E-state index >= 15 is 0 Å². The van der Waals surface area contributed by atoms with E-state index in [9.17, 15) is 20.4 Å². The van der Waals surface area contributed by atoms with Crippen molar-refractivity contribution in [2.24, 2.45) is 0 Å². The summed E-state index contributed by atoms with van der Waals surface area (Å²) < 4.78 is 15.5. The van der Waals surface area contributed by atoms with E-state index in [4.69, 9.17) is 14.2 Å². The average molecular weight is 250 g/mol. The van der Waals surface area contributed by atoms with Gasteiger partial charge in [-0.25, -0.2) is 0 Å². The molecule has 0 radical (unpaired) electrons. The van der Waals surface area contributed by atoms with E-state index in [1.54, 1.807) is 13.8 Å². The van der Waals surface area contributed by atoms with Crippen molar-refractivity contribution in [2.45, 2.75) is 63.1 Å². The van der Waals surface area contributed by atoms with Crippen molar-refractivity contribution >= 4 is 0 Å². The summed E-state index contributed by atoms with van der Waals surface area (Å²) in [7, 11) is 0. The van der Waals surface area contributed by atoms with Crippen molar-refractivity contribution in [1.29, 1.82) is 0 Å². The average Bonchev–Trinajstić information content (AvgIpc) is 2.65. The second kappa shape index (κ2) is 4.77. The summed E-state index contributed by atoms with van der Waals surface area (Å²) in [6, 6.07) is 0. The van der Waals surface area contributed by atoms with Crippen molar-refractivity contribution in [1.82, 2.24) is 0 Å². The first-order valence-corrected chi connectivity index (χ1v) is 5.60. The highest BCUT2D eigenvalue weighted by atomic mass is 16.7. The molecular weight excluding hydrogens is 232 g/mol. The van der Waals surface area contributed by atoms with Crippen LogP contribution in [0.25, 0.3) is 0 Å². The Morgan fingerprint density at radius 2 is 1.47 bits per heavy atom. The number of aliphatic hydroxyl groups is 4. The molecule has 7 heteroatoms. The van der Waals surface area contributed by atoms with Gasteiger partial charge in [-0.2, -0.15) is 0 Å². The molecule has 0 saturated carbocycles. The van der Waals surface area contributed by atoms with Gasteiger partial charge in [-0.1, -0.05) is 0 Å². The Balaban J connectivity index is 1.98. The molecule has 100 valence electrons. The summed E-state index contributed by atoms with van der Waals surface area (Å²) in [4.78, 5) is 0. The highest BCUT2D eigenvalue weighted by Crippen LogP contribution is 2.28. The van der Waals surface area contributed by atoms with Gasteiger partial charge in [0.25, 0.3) is 0 Å².